The second-order valence-corrected chi connectivity index (χ2v) is 4.69. The van der Waals surface area contributed by atoms with E-state index in [1.54, 1.807) is 6.33 Å². The minimum absolute atomic E-state index is 0.182. The summed E-state index contributed by atoms with van der Waals surface area (Å²) in [7, 11) is 0. The van der Waals surface area contributed by atoms with Gasteiger partial charge in [0, 0.05) is 18.0 Å². The predicted molar refractivity (Wildman–Crippen MR) is 63.3 cm³/mol. The van der Waals surface area contributed by atoms with Gasteiger partial charge < -0.3 is 0 Å². The van der Waals surface area contributed by atoms with Gasteiger partial charge in [0.25, 0.3) is 0 Å². The van der Waals surface area contributed by atoms with Crippen molar-refractivity contribution in [3.63, 3.8) is 0 Å². The number of nitrogens with one attached hydrogen (secondary N) is 1. The summed E-state index contributed by atoms with van der Waals surface area (Å²) in [5.74, 6) is 5.74. The van der Waals surface area contributed by atoms with Crippen molar-refractivity contribution in [3.8, 4) is 0 Å². The average Bonchev–Trinajstić information content (AvgIpc) is 2.81. The molecule has 1 saturated carbocycles. The quantitative estimate of drug-likeness (QED) is 0.601. The van der Waals surface area contributed by atoms with Crippen LogP contribution in [0.15, 0.2) is 18.7 Å². The van der Waals surface area contributed by atoms with Crippen molar-refractivity contribution in [1.82, 2.24) is 15.4 Å². The van der Waals surface area contributed by atoms with Crippen LogP contribution >= 0.6 is 0 Å². The first kappa shape index (κ1) is 11.5. The molecule has 4 nitrogen and oxygen atoms in total. The molecule has 1 aliphatic rings. The zero-order valence-electron chi connectivity index (χ0n) is 9.82. The van der Waals surface area contributed by atoms with Crippen molar-refractivity contribution < 1.29 is 0 Å². The lowest BCUT2D eigenvalue weighted by atomic mass is 9.74. The Morgan fingerprint density at radius 1 is 1.38 bits per heavy atom. The van der Waals surface area contributed by atoms with E-state index in [4.69, 9.17) is 5.84 Å². The van der Waals surface area contributed by atoms with Crippen LogP contribution in [0, 0.1) is 5.41 Å². The average molecular weight is 220 g/mol. The van der Waals surface area contributed by atoms with E-state index >= 15 is 0 Å². The highest BCUT2D eigenvalue weighted by atomic mass is 15.2. The van der Waals surface area contributed by atoms with Crippen LogP contribution in [0.3, 0.4) is 0 Å². The first-order valence-electron chi connectivity index (χ1n) is 6.03. The molecule has 1 aromatic heterocycles. The summed E-state index contributed by atoms with van der Waals surface area (Å²) in [5.41, 5.74) is 4.37. The van der Waals surface area contributed by atoms with Crippen LogP contribution in [-0.2, 0) is 0 Å². The van der Waals surface area contributed by atoms with Crippen molar-refractivity contribution in [3.05, 3.63) is 24.3 Å². The molecule has 0 aliphatic heterocycles. The Morgan fingerprint density at radius 3 is 2.50 bits per heavy atom. The molecule has 16 heavy (non-hydrogen) atoms. The Morgan fingerprint density at radius 2 is 2.00 bits per heavy atom. The smallest absolute Gasteiger partial charge is 0.115 e. The number of hydrogen-bond donors (Lipinski definition) is 2. The standard InChI is InChI=1S/C12H20N4/c1-2-12(5-3-4-6-12)11(16-13)10-7-14-9-15-8-10/h7-9,11,16H,2-6,13H2,1H3. The molecule has 0 radical (unpaired) electrons. The SMILES string of the molecule is CCC1(C(NN)c2cncnc2)CCCC1. The zero-order chi connectivity index (χ0) is 11.4. The van der Waals surface area contributed by atoms with Crippen LogP contribution in [0.25, 0.3) is 0 Å². The topological polar surface area (TPSA) is 63.8 Å². The number of rotatable bonds is 4. The van der Waals surface area contributed by atoms with E-state index in [9.17, 15) is 0 Å². The molecule has 1 fully saturated rings. The highest BCUT2D eigenvalue weighted by Crippen LogP contribution is 2.49. The molecule has 0 aromatic carbocycles. The van der Waals surface area contributed by atoms with Gasteiger partial charge in [-0.05, 0) is 24.7 Å². The molecule has 1 aromatic rings. The van der Waals surface area contributed by atoms with E-state index in [0.29, 0.717) is 5.41 Å². The lowest BCUT2D eigenvalue weighted by Crippen LogP contribution is -2.40. The highest BCUT2D eigenvalue weighted by Gasteiger charge is 2.40. The van der Waals surface area contributed by atoms with Crippen LogP contribution in [0.5, 0.6) is 0 Å². The van der Waals surface area contributed by atoms with Gasteiger partial charge in [-0.3, -0.25) is 11.3 Å². The monoisotopic (exact) mass is 220 g/mol. The summed E-state index contributed by atoms with van der Waals surface area (Å²) in [6, 6.07) is 0.182. The maximum absolute atomic E-state index is 5.74. The zero-order valence-corrected chi connectivity index (χ0v) is 9.82. The van der Waals surface area contributed by atoms with E-state index in [0.717, 1.165) is 12.0 Å². The summed E-state index contributed by atoms with van der Waals surface area (Å²) >= 11 is 0. The second-order valence-electron chi connectivity index (χ2n) is 4.69. The maximum Gasteiger partial charge on any atom is 0.115 e. The third kappa shape index (κ3) is 1.95. The lowest BCUT2D eigenvalue weighted by molar-refractivity contribution is 0.187. The Bertz CT molecular complexity index is 319. The van der Waals surface area contributed by atoms with E-state index in [-0.39, 0.29) is 6.04 Å². The summed E-state index contributed by atoms with van der Waals surface area (Å²) in [4.78, 5) is 8.17. The van der Waals surface area contributed by atoms with Gasteiger partial charge in [-0.2, -0.15) is 0 Å². The summed E-state index contributed by atoms with van der Waals surface area (Å²) in [5, 5.41) is 0. The highest BCUT2D eigenvalue weighted by molar-refractivity contribution is 5.14. The summed E-state index contributed by atoms with van der Waals surface area (Å²) < 4.78 is 0. The molecule has 0 bridgehead atoms. The van der Waals surface area contributed by atoms with E-state index < -0.39 is 0 Å². The molecule has 1 heterocycles. The van der Waals surface area contributed by atoms with Crippen LogP contribution < -0.4 is 11.3 Å². The van der Waals surface area contributed by atoms with Gasteiger partial charge in [-0.15, -0.1) is 0 Å². The molecule has 1 aliphatic carbocycles. The van der Waals surface area contributed by atoms with Gasteiger partial charge in [-0.25, -0.2) is 9.97 Å². The third-order valence-corrected chi connectivity index (χ3v) is 4.00. The Labute approximate surface area is 96.6 Å². The maximum atomic E-state index is 5.74. The van der Waals surface area contributed by atoms with Crippen molar-refractivity contribution >= 4 is 0 Å². The van der Waals surface area contributed by atoms with E-state index in [2.05, 4.69) is 22.3 Å². The second kappa shape index (κ2) is 4.89. The fourth-order valence-electron chi connectivity index (χ4n) is 3.01. The summed E-state index contributed by atoms with van der Waals surface area (Å²) in [6.45, 7) is 2.25. The van der Waals surface area contributed by atoms with Gasteiger partial charge in [0.1, 0.15) is 6.33 Å². The predicted octanol–water partition coefficient (Wildman–Crippen LogP) is 1.95. The first-order chi connectivity index (χ1) is 7.82. The number of aromatic nitrogens is 2. The van der Waals surface area contributed by atoms with Crippen molar-refractivity contribution in [1.29, 1.82) is 0 Å². The minimum Gasteiger partial charge on any atom is -0.271 e. The van der Waals surface area contributed by atoms with E-state index in [1.807, 2.05) is 12.4 Å². The third-order valence-electron chi connectivity index (χ3n) is 4.00. The van der Waals surface area contributed by atoms with E-state index in [1.165, 1.54) is 25.7 Å². The van der Waals surface area contributed by atoms with Gasteiger partial charge in [0.15, 0.2) is 0 Å². The van der Waals surface area contributed by atoms with Crippen molar-refractivity contribution in [2.45, 2.75) is 45.1 Å². The molecule has 1 unspecified atom stereocenters. The van der Waals surface area contributed by atoms with Gasteiger partial charge in [0.05, 0.1) is 6.04 Å². The lowest BCUT2D eigenvalue weighted by Gasteiger charge is -2.36. The van der Waals surface area contributed by atoms with Crippen molar-refractivity contribution in [2.75, 3.05) is 0 Å². The number of hydrazine groups is 1. The Kier molecular flexibility index (Phi) is 3.51. The van der Waals surface area contributed by atoms with Gasteiger partial charge in [-0.1, -0.05) is 19.8 Å². The van der Waals surface area contributed by atoms with Crippen LogP contribution in [0.2, 0.25) is 0 Å². The molecule has 0 spiro atoms. The largest absolute Gasteiger partial charge is 0.271 e. The molecule has 1 atom stereocenters. The number of nitrogens with zero attached hydrogens (tertiary/aromatic N) is 2. The molecule has 88 valence electrons. The van der Waals surface area contributed by atoms with Crippen LogP contribution in [0.4, 0.5) is 0 Å². The normalized spacial score (nSPS) is 20.9. The molecule has 2 rings (SSSR count). The molecule has 0 saturated heterocycles. The fourth-order valence-corrected chi connectivity index (χ4v) is 3.01. The number of nitrogens with two attached hydrogens (primary N) is 1. The molecule has 0 amide bonds. The number of hydrogen-bond acceptors (Lipinski definition) is 4. The van der Waals surface area contributed by atoms with Crippen LogP contribution in [0.1, 0.15) is 50.6 Å². The fraction of sp³-hybridized carbons (Fsp3) is 0.667. The van der Waals surface area contributed by atoms with Crippen molar-refractivity contribution in [2.24, 2.45) is 11.3 Å². The Hall–Kier alpha value is -1.00. The van der Waals surface area contributed by atoms with Crippen LogP contribution in [-0.4, -0.2) is 9.97 Å². The van der Waals surface area contributed by atoms with Gasteiger partial charge in [0.2, 0.25) is 0 Å². The first-order valence-corrected chi connectivity index (χ1v) is 6.03. The molecule has 3 N–H and O–H groups in total. The summed E-state index contributed by atoms with van der Waals surface area (Å²) in [6.07, 6.45) is 11.5. The Balaban J connectivity index is 2.28. The van der Waals surface area contributed by atoms with Gasteiger partial charge >= 0.3 is 0 Å². The minimum atomic E-state index is 0.182. The molecular weight excluding hydrogens is 200 g/mol. The molecular formula is C12H20N4. The molecule has 4 heteroatoms.